The summed E-state index contributed by atoms with van der Waals surface area (Å²) in [5, 5.41) is 0. The van der Waals surface area contributed by atoms with Crippen molar-refractivity contribution in [1.29, 1.82) is 0 Å². The van der Waals surface area contributed by atoms with E-state index in [-0.39, 0.29) is 12.5 Å². The van der Waals surface area contributed by atoms with Gasteiger partial charge in [-0.25, -0.2) is 0 Å². The lowest BCUT2D eigenvalue weighted by atomic mass is 10.7. The van der Waals surface area contributed by atoms with E-state index < -0.39 is 0 Å². The van der Waals surface area contributed by atoms with Crippen LogP contribution >= 0.6 is 0 Å². The molecule has 0 aliphatic heterocycles. The van der Waals surface area contributed by atoms with Gasteiger partial charge >= 0.3 is 16.6 Å². The summed E-state index contributed by atoms with van der Waals surface area (Å²) in [5.41, 5.74) is 4.81. The highest BCUT2D eigenvalue weighted by atomic mass is 27.1. The number of carbonyl (C=O) groups excluding carboxylic acids is 1. The third-order valence-corrected chi connectivity index (χ3v) is 0.650. The van der Waals surface area contributed by atoms with E-state index in [4.69, 9.17) is 5.73 Å². The van der Waals surface area contributed by atoms with Gasteiger partial charge in [-0.2, -0.15) is 0 Å². The van der Waals surface area contributed by atoms with Gasteiger partial charge in [0.05, 0.1) is 6.54 Å². The van der Waals surface area contributed by atoms with Crippen LogP contribution in [0.5, 0.6) is 0 Å². The third kappa shape index (κ3) is 2.21. The average Bonchev–Trinajstić information content (AvgIpc) is 1.65. The van der Waals surface area contributed by atoms with Gasteiger partial charge in [-0.1, -0.05) is 0 Å². The number of hydrogen-bond donors (Lipinski definition) is 1. The second-order valence-corrected chi connectivity index (χ2v) is 1.01. The van der Waals surface area contributed by atoms with Crippen molar-refractivity contribution in [2.45, 2.75) is 0 Å². The van der Waals surface area contributed by atoms with Crippen molar-refractivity contribution < 1.29 is 8.58 Å². The van der Waals surface area contributed by atoms with E-state index in [2.05, 4.69) is 3.79 Å². The minimum absolute atomic E-state index is 0.0243. The molecule has 0 aliphatic carbocycles. The van der Waals surface area contributed by atoms with Gasteiger partial charge < -0.3 is 9.52 Å². The molecule has 3 nitrogen and oxygen atoms in total. The second-order valence-electron chi connectivity index (χ2n) is 0.720. The van der Waals surface area contributed by atoms with Gasteiger partial charge in [0.2, 0.25) is 0 Å². The Kier molecular flexibility index (Phi) is 3.14. The van der Waals surface area contributed by atoms with Crippen molar-refractivity contribution in [1.82, 2.24) is 0 Å². The lowest BCUT2D eigenvalue weighted by Gasteiger charge is -1.91. The highest BCUT2D eigenvalue weighted by Gasteiger charge is 1.86. The SMILES string of the molecule is NCC(=O)[O][AlH]. The molecule has 0 bridgehead atoms. The molecular formula is C2H5AlNO2. The predicted octanol–water partition coefficient (Wildman–Crippen LogP) is -1.70. The summed E-state index contributed by atoms with van der Waals surface area (Å²) in [4.78, 5) is 9.84. The maximum Gasteiger partial charge on any atom is 0.496 e. The van der Waals surface area contributed by atoms with Crippen LogP contribution in [0.25, 0.3) is 0 Å². The van der Waals surface area contributed by atoms with Crippen LogP contribution < -0.4 is 5.73 Å². The molecule has 0 atom stereocenters. The van der Waals surface area contributed by atoms with Crippen LogP contribution in [0.1, 0.15) is 0 Å². The van der Waals surface area contributed by atoms with Crippen molar-refractivity contribution >= 4 is 22.6 Å². The topological polar surface area (TPSA) is 52.3 Å². The summed E-state index contributed by atoms with van der Waals surface area (Å²) in [5.74, 6) is -0.367. The summed E-state index contributed by atoms with van der Waals surface area (Å²) in [7, 11) is 0. The van der Waals surface area contributed by atoms with E-state index >= 15 is 0 Å². The van der Waals surface area contributed by atoms with E-state index in [0.717, 1.165) is 16.6 Å². The molecule has 0 aromatic carbocycles. The van der Waals surface area contributed by atoms with E-state index in [9.17, 15) is 4.79 Å². The zero-order chi connectivity index (χ0) is 4.99. The predicted molar refractivity (Wildman–Crippen MR) is 22.3 cm³/mol. The fourth-order valence-electron chi connectivity index (χ4n) is 0.0589. The third-order valence-electron chi connectivity index (χ3n) is 0.328. The minimum Gasteiger partial charge on any atom is -0.623 e. The van der Waals surface area contributed by atoms with Crippen LogP contribution in [0.15, 0.2) is 0 Å². The van der Waals surface area contributed by atoms with Crippen molar-refractivity contribution in [3.05, 3.63) is 0 Å². The van der Waals surface area contributed by atoms with Crippen LogP contribution in [0, 0.1) is 0 Å². The van der Waals surface area contributed by atoms with Crippen molar-refractivity contribution in [3.8, 4) is 0 Å². The Hall–Kier alpha value is -0.0375. The molecule has 33 valence electrons. The maximum absolute atomic E-state index is 9.84. The van der Waals surface area contributed by atoms with Crippen LogP contribution in [-0.2, 0) is 8.58 Å². The van der Waals surface area contributed by atoms with Crippen LogP contribution in [0.3, 0.4) is 0 Å². The van der Waals surface area contributed by atoms with E-state index in [1.807, 2.05) is 0 Å². The molecule has 2 N–H and O–H groups in total. The number of carbonyl (C=O) groups is 1. The smallest absolute Gasteiger partial charge is 0.496 e. The molecule has 0 amide bonds. The molecule has 1 radical (unpaired) electrons. The molecule has 0 unspecified atom stereocenters. The normalized spacial score (nSPS) is 7.50. The zero-order valence-corrected chi connectivity index (χ0v) is 4.72. The Labute approximate surface area is 44.2 Å². The van der Waals surface area contributed by atoms with Crippen LogP contribution in [0.4, 0.5) is 0 Å². The van der Waals surface area contributed by atoms with Gasteiger partial charge in [-0.15, -0.1) is 0 Å². The van der Waals surface area contributed by atoms with Crippen LogP contribution in [-0.4, -0.2) is 29.1 Å². The molecule has 0 saturated heterocycles. The maximum atomic E-state index is 9.84. The van der Waals surface area contributed by atoms with Gasteiger partial charge in [0.15, 0.2) is 0 Å². The standard InChI is InChI=1S/C2H5NO2.Al.H/c3-1-2(4)5;;/h1,3H2,(H,4,5);;/q;+1;/p-1. The monoisotopic (exact) mass is 102 g/mol. The molecule has 0 saturated carbocycles. The second kappa shape index (κ2) is 3.16. The molecular weight excluding hydrogens is 97.0 g/mol. The highest BCUT2D eigenvalue weighted by molar-refractivity contribution is 6.05. The van der Waals surface area contributed by atoms with Gasteiger partial charge in [0, 0.05) is 0 Å². The molecule has 4 heteroatoms. The van der Waals surface area contributed by atoms with Gasteiger partial charge in [0.1, 0.15) is 0 Å². The Morgan fingerprint density at radius 2 is 2.50 bits per heavy atom. The molecule has 0 fully saturated rings. The van der Waals surface area contributed by atoms with E-state index in [1.165, 1.54) is 0 Å². The minimum atomic E-state index is -0.367. The van der Waals surface area contributed by atoms with Gasteiger partial charge in [-0.05, 0) is 0 Å². The first-order valence-corrected chi connectivity index (χ1v) is 2.04. The van der Waals surface area contributed by atoms with E-state index in [0.29, 0.717) is 0 Å². The first-order valence-electron chi connectivity index (χ1n) is 1.46. The Bertz CT molecular complexity index is 49.5. The van der Waals surface area contributed by atoms with Gasteiger partial charge in [-0.3, -0.25) is 4.79 Å². The summed E-state index contributed by atoms with van der Waals surface area (Å²) in [6.07, 6.45) is 0. The molecule has 6 heavy (non-hydrogen) atoms. The summed E-state index contributed by atoms with van der Waals surface area (Å²) in [6, 6.07) is 0. The van der Waals surface area contributed by atoms with Crippen molar-refractivity contribution in [2.75, 3.05) is 6.54 Å². The molecule has 0 heterocycles. The zero-order valence-electron chi connectivity index (χ0n) is 3.31. The van der Waals surface area contributed by atoms with Gasteiger partial charge in [0.25, 0.3) is 5.97 Å². The molecule has 0 aromatic heterocycles. The lowest BCUT2D eigenvalue weighted by Crippen LogP contribution is -2.14. The molecule has 0 aliphatic rings. The fourth-order valence-corrected chi connectivity index (χ4v) is 0.177. The highest BCUT2D eigenvalue weighted by Crippen LogP contribution is 1.59. The van der Waals surface area contributed by atoms with Crippen LogP contribution in [0.2, 0.25) is 0 Å². The Balaban J connectivity index is 2.99. The quantitative estimate of drug-likeness (QED) is 0.402. The Morgan fingerprint density at radius 3 is 2.50 bits per heavy atom. The first kappa shape index (κ1) is 5.96. The summed E-state index contributed by atoms with van der Waals surface area (Å²) < 4.78 is 4.16. The number of rotatable bonds is 1. The molecule has 0 rings (SSSR count). The first-order chi connectivity index (χ1) is 2.81. The lowest BCUT2D eigenvalue weighted by molar-refractivity contribution is -0.132. The average molecular weight is 102 g/mol. The molecule has 0 aromatic rings. The van der Waals surface area contributed by atoms with E-state index in [1.54, 1.807) is 0 Å². The number of hydrogen-bond acceptors (Lipinski definition) is 3. The van der Waals surface area contributed by atoms with Crippen molar-refractivity contribution in [2.24, 2.45) is 5.73 Å². The largest absolute Gasteiger partial charge is 0.623 e. The van der Waals surface area contributed by atoms with Crippen molar-refractivity contribution in [3.63, 3.8) is 0 Å². The molecule has 0 spiro atoms. The number of nitrogens with two attached hydrogens (primary N) is 1. The summed E-state index contributed by atoms with van der Waals surface area (Å²) >= 11 is 1.13. The summed E-state index contributed by atoms with van der Waals surface area (Å²) in [6.45, 7) is -0.0243. The Morgan fingerprint density at radius 1 is 2.00 bits per heavy atom. The fraction of sp³-hybridized carbons (Fsp3) is 0.500.